The molecule has 3 aromatic rings. The number of furan rings is 1. The van der Waals surface area contributed by atoms with Crippen molar-refractivity contribution >= 4 is 44.6 Å². The van der Waals surface area contributed by atoms with Gasteiger partial charge in [0.1, 0.15) is 23.0 Å². The Morgan fingerprint density at radius 3 is 2.39 bits per heavy atom. The predicted octanol–water partition coefficient (Wildman–Crippen LogP) is 2.74. The summed E-state index contributed by atoms with van der Waals surface area (Å²) in [5, 5.41) is 13.4. The van der Waals surface area contributed by atoms with Crippen molar-refractivity contribution in [2.75, 3.05) is 12.0 Å². The lowest BCUT2D eigenvalue weighted by atomic mass is 10.00. The van der Waals surface area contributed by atoms with E-state index < -0.39 is 34.3 Å². The van der Waals surface area contributed by atoms with Crippen molar-refractivity contribution in [2.45, 2.75) is 46.1 Å². The van der Waals surface area contributed by atoms with E-state index in [9.17, 15) is 23.7 Å². The van der Waals surface area contributed by atoms with E-state index in [-0.39, 0.29) is 25.0 Å². The van der Waals surface area contributed by atoms with Crippen LogP contribution in [0, 0.1) is 20.8 Å². The average Bonchev–Trinajstić information content (AvgIpc) is 2.96. The second kappa shape index (κ2) is 9.05. The molecule has 31 heavy (non-hydrogen) atoms. The monoisotopic (exact) mass is 447 g/mol. The highest BCUT2D eigenvalue weighted by atomic mass is 32.2. The molecule has 0 aliphatic rings. The van der Waals surface area contributed by atoms with E-state index in [1.54, 1.807) is 13.0 Å². The predicted molar refractivity (Wildman–Crippen MR) is 118 cm³/mol. The van der Waals surface area contributed by atoms with Crippen molar-refractivity contribution in [3.8, 4) is 0 Å². The third-order valence-electron chi connectivity index (χ3n) is 5.51. The molecule has 3 rings (SSSR count). The van der Waals surface area contributed by atoms with Gasteiger partial charge in [-0.15, -0.1) is 0 Å². The molecule has 2 unspecified atom stereocenters. The maximum absolute atomic E-state index is 12.5. The number of benzene rings is 1. The second-order valence-corrected chi connectivity index (χ2v) is 9.20. The molecule has 2 atom stereocenters. The lowest BCUT2D eigenvalue weighted by Gasteiger charge is -2.14. The Morgan fingerprint density at radius 2 is 1.74 bits per heavy atom. The minimum atomic E-state index is -1.19. The van der Waals surface area contributed by atoms with Crippen LogP contribution < -0.4 is 10.9 Å². The maximum Gasteiger partial charge on any atom is 0.339 e. The third kappa shape index (κ3) is 4.87. The zero-order chi connectivity index (χ0) is 22.9. The zero-order valence-electron chi connectivity index (χ0n) is 17.9. The first-order valence-electron chi connectivity index (χ1n) is 9.86. The minimum absolute atomic E-state index is 0.0673. The van der Waals surface area contributed by atoms with Gasteiger partial charge in [-0.05, 0) is 50.8 Å². The summed E-state index contributed by atoms with van der Waals surface area (Å²) in [4.78, 5) is 36.1. The molecule has 0 spiro atoms. The third-order valence-corrected chi connectivity index (χ3v) is 6.32. The SMILES string of the molecule is Cc1oc2cc3oc(=O)c(CCC(=O)NC(CCS(C)=O)C(=O)O)c(C)c3cc2c1C. The fourth-order valence-electron chi connectivity index (χ4n) is 3.56. The summed E-state index contributed by atoms with van der Waals surface area (Å²) >= 11 is 0. The highest BCUT2D eigenvalue weighted by Crippen LogP contribution is 2.31. The molecule has 0 saturated heterocycles. The molecule has 1 aromatic carbocycles. The first-order chi connectivity index (χ1) is 14.6. The Bertz CT molecular complexity index is 1250. The number of hydrogen-bond donors (Lipinski definition) is 2. The molecule has 1 amide bonds. The van der Waals surface area contributed by atoms with Crippen LogP contribution in [-0.2, 0) is 26.8 Å². The summed E-state index contributed by atoms with van der Waals surface area (Å²) in [5.41, 5.74) is 2.63. The summed E-state index contributed by atoms with van der Waals surface area (Å²) < 4.78 is 22.4. The number of rotatable bonds is 8. The van der Waals surface area contributed by atoms with Gasteiger partial charge in [0.2, 0.25) is 5.91 Å². The minimum Gasteiger partial charge on any atom is -0.480 e. The molecule has 8 nitrogen and oxygen atoms in total. The van der Waals surface area contributed by atoms with Gasteiger partial charge in [-0.1, -0.05) is 0 Å². The van der Waals surface area contributed by atoms with Crippen molar-refractivity contribution in [1.29, 1.82) is 0 Å². The lowest BCUT2D eigenvalue weighted by Crippen LogP contribution is -2.41. The van der Waals surface area contributed by atoms with Gasteiger partial charge in [0.15, 0.2) is 0 Å². The lowest BCUT2D eigenvalue weighted by molar-refractivity contribution is -0.141. The number of fused-ring (bicyclic) bond motifs is 2. The number of hydrogen-bond acceptors (Lipinski definition) is 6. The fraction of sp³-hybridized carbons (Fsp3) is 0.409. The number of carbonyl (C=O) groups excluding carboxylic acids is 1. The molecule has 0 fully saturated rings. The van der Waals surface area contributed by atoms with Crippen LogP contribution >= 0.6 is 0 Å². The Labute approximate surface area is 181 Å². The molecule has 0 aliphatic carbocycles. The van der Waals surface area contributed by atoms with E-state index in [1.807, 2.05) is 19.9 Å². The van der Waals surface area contributed by atoms with E-state index in [2.05, 4.69) is 5.32 Å². The molecule has 2 heterocycles. The summed E-state index contributed by atoms with van der Waals surface area (Å²) in [5.74, 6) is -0.714. The van der Waals surface area contributed by atoms with Crippen LogP contribution in [0.25, 0.3) is 21.9 Å². The van der Waals surface area contributed by atoms with Crippen LogP contribution in [0.1, 0.15) is 35.3 Å². The number of carboxylic acids is 1. The van der Waals surface area contributed by atoms with Gasteiger partial charge in [0.05, 0.1) is 0 Å². The van der Waals surface area contributed by atoms with E-state index in [0.29, 0.717) is 16.7 Å². The van der Waals surface area contributed by atoms with Gasteiger partial charge in [0, 0.05) is 51.6 Å². The van der Waals surface area contributed by atoms with Crippen molar-refractivity contribution in [1.82, 2.24) is 5.32 Å². The number of carbonyl (C=O) groups is 2. The largest absolute Gasteiger partial charge is 0.480 e. The van der Waals surface area contributed by atoms with E-state index in [0.717, 1.165) is 27.7 Å². The summed E-state index contributed by atoms with van der Waals surface area (Å²) in [6.07, 6.45) is 1.59. The summed E-state index contributed by atoms with van der Waals surface area (Å²) in [6.45, 7) is 5.63. The van der Waals surface area contributed by atoms with E-state index in [1.165, 1.54) is 6.26 Å². The first-order valence-corrected chi connectivity index (χ1v) is 11.6. The molecule has 0 aliphatic heterocycles. The Hall–Kier alpha value is -2.94. The fourth-order valence-corrected chi connectivity index (χ4v) is 4.13. The van der Waals surface area contributed by atoms with Crippen LogP contribution in [0.4, 0.5) is 0 Å². The van der Waals surface area contributed by atoms with Gasteiger partial charge in [-0.2, -0.15) is 0 Å². The topological polar surface area (TPSA) is 127 Å². The number of nitrogens with one attached hydrogen (secondary N) is 1. The van der Waals surface area contributed by atoms with E-state index >= 15 is 0 Å². The number of amides is 1. The number of aliphatic carboxylic acids is 1. The maximum atomic E-state index is 12.5. The molecule has 166 valence electrons. The molecule has 0 bridgehead atoms. The Morgan fingerprint density at radius 1 is 1.10 bits per heavy atom. The van der Waals surface area contributed by atoms with Crippen LogP contribution in [0.3, 0.4) is 0 Å². The van der Waals surface area contributed by atoms with Crippen molar-refractivity contribution < 1.29 is 27.7 Å². The van der Waals surface area contributed by atoms with Crippen molar-refractivity contribution in [3.05, 3.63) is 45.0 Å². The molecule has 2 aromatic heterocycles. The van der Waals surface area contributed by atoms with Crippen molar-refractivity contribution in [3.63, 3.8) is 0 Å². The highest BCUT2D eigenvalue weighted by molar-refractivity contribution is 7.84. The van der Waals surface area contributed by atoms with Crippen LogP contribution in [0.15, 0.2) is 25.8 Å². The quantitative estimate of drug-likeness (QED) is 0.508. The molecule has 9 heteroatoms. The van der Waals surface area contributed by atoms with E-state index in [4.69, 9.17) is 8.83 Å². The molecular formula is C22H25NO7S. The van der Waals surface area contributed by atoms with Gasteiger partial charge in [-0.3, -0.25) is 9.00 Å². The smallest absolute Gasteiger partial charge is 0.339 e. The van der Waals surface area contributed by atoms with Crippen molar-refractivity contribution in [2.24, 2.45) is 0 Å². The molecule has 0 saturated carbocycles. The van der Waals surface area contributed by atoms with Crippen LogP contribution in [-0.4, -0.2) is 39.2 Å². The van der Waals surface area contributed by atoms with Gasteiger partial charge >= 0.3 is 11.6 Å². The van der Waals surface area contributed by atoms with Gasteiger partial charge < -0.3 is 19.3 Å². The van der Waals surface area contributed by atoms with Crippen LogP contribution in [0.2, 0.25) is 0 Å². The second-order valence-electron chi connectivity index (χ2n) is 7.65. The highest BCUT2D eigenvalue weighted by Gasteiger charge is 2.21. The first kappa shape index (κ1) is 22.7. The summed E-state index contributed by atoms with van der Waals surface area (Å²) in [7, 11) is -1.16. The molecule has 0 radical (unpaired) electrons. The van der Waals surface area contributed by atoms with Gasteiger partial charge in [-0.25, -0.2) is 9.59 Å². The zero-order valence-corrected chi connectivity index (χ0v) is 18.7. The number of aryl methyl sites for hydroxylation is 3. The number of carboxylic acid groups (broad SMARTS) is 1. The van der Waals surface area contributed by atoms with Crippen LogP contribution in [0.5, 0.6) is 0 Å². The standard InChI is InChI=1S/C22H25NO7S/c1-11-13(3)29-18-10-19-16(9-15(11)18)12(2)14(22(27)30-19)5-6-20(24)23-17(21(25)26)7-8-31(4)28/h9-10,17H,5-8H2,1-4H3,(H,23,24)(H,25,26). The van der Waals surface area contributed by atoms with Gasteiger partial charge in [0.25, 0.3) is 0 Å². The molecule has 2 N–H and O–H groups in total. The Kier molecular flexibility index (Phi) is 6.64. The average molecular weight is 448 g/mol. The normalized spacial score (nSPS) is 13.4. The summed E-state index contributed by atoms with van der Waals surface area (Å²) in [6, 6.07) is 2.50. The molecular weight excluding hydrogens is 422 g/mol. The Balaban J connectivity index is 1.82.